The number of nitrogens with zero attached hydrogens (tertiary/aromatic N) is 2. The van der Waals surface area contributed by atoms with E-state index in [-0.39, 0.29) is 0 Å². The van der Waals surface area contributed by atoms with Crippen molar-refractivity contribution in [2.24, 2.45) is 0 Å². The number of hydrogen-bond acceptors (Lipinski definition) is 4. The molecule has 0 aliphatic heterocycles. The molecule has 108 valence electrons. The van der Waals surface area contributed by atoms with Gasteiger partial charge >= 0.3 is 0 Å². The molecular weight excluding hydrogens is 274 g/mol. The van der Waals surface area contributed by atoms with Crippen LogP contribution in [0.4, 0.5) is 5.95 Å². The lowest BCUT2D eigenvalue weighted by Gasteiger charge is -2.07. The molecule has 0 unspecified atom stereocenters. The molecule has 1 N–H and O–H groups in total. The maximum absolute atomic E-state index is 5.67. The van der Waals surface area contributed by atoms with Gasteiger partial charge < -0.3 is 10.1 Å². The minimum Gasteiger partial charge on any atom is -0.488 e. The fourth-order valence-corrected chi connectivity index (χ4v) is 1.91. The highest BCUT2D eigenvalue weighted by Gasteiger charge is 1.98. The number of nitrogens with one attached hydrogen (secondary N) is 1. The maximum Gasteiger partial charge on any atom is 0.222 e. The van der Waals surface area contributed by atoms with E-state index in [1.54, 1.807) is 30.6 Å². The Labute approximate surface area is 129 Å². The lowest BCUT2D eigenvalue weighted by Crippen LogP contribution is -2.03. The van der Waals surface area contributed by atoms with Crippen LogP contribution in [0.1, 0.15) is 11.1 Å². The molecule has 1 aromatic heterocycles. The van der Waals surface area contributed by atoms with Crippen molar-refractivity contribution in [3.05, 3.63) is 84.2 Å². The van der Waals surface area contributed by atoms with Gasteiger partial charge in [-0.1, -0.05) is 36.4 Å². The summed E-state index contributed by atoms with van der Waals surface area (Å²) in [5, 5.41) is 3.18. The largest absolute Gasteiger partial charge is 0.488 e. The van der Waals surface area contributed by atoms with Gasteiger partial charge in [0.2, 0.25) is 5.95 Å². The highest BCUT2D eigenvalue weighted by molar-refractivity contribution is 5.28. The third-order valence-electron chi connectivity index (χ3n) is 3.07. The van der Waals surface area contributed by atoms with E-state index in [9.17, 15) is 0 Å². The lowest BCUT2D eigenvalue weighted by molar-refractivity contribution is 0.306. The van der Waals surface area contributed by atoms with Crippen LogP contribution in [-0.4, -0.2) is 9.97 Å². The fourth-order valence-electron chi connectivity index (χ4n) is 1.91. The number of aromatic nitrogens is 2. The van der Waals surface area contributed by atoms with Crippen LogP contribution in [0.15, 0.2) is 60.9 Å². The van der Waals surface area contributed by atoms with Gasteiger partial charge in [0.1, 0.15) is 12.4 Å². The maximum atomic E-state index is 5.67. The Hall–Kier alpha value is -3.06. The summed E-state index contributed by atoms with van der Waals surface area (Å²) in [6.45, 7) is 1.22. The molecule has 2 aromatic carbocycles. The van der Waals surface area contributed by atoms with Gasteiger partial charge in [-0.25, -0.2) is 9.97 Å². The summed E-state index contributed by atoms with van der Waals surface area (Å²) < 4.78 is 5.67. The van der Waals surface area contributed by atoms with Crippen molar-refractivity contribution in [1.82, 2.24) is 9.97 Å². The molecule has 0 radical (unpaired) electrons. The Balaban J connectivity index is 1.52. The molecule has 0 atom stereocenters. The van der Waals surface area contributed by atoms with E-state index in [0.29, 0.717) is 19.1 Å². The van der Waals surface area contributed by atoms with E-state index >= 15 is 0 Å². The molecule has 0 aliphatic carbocycles. The van der Waals surface area contributed by atoms with Crippen LogP contribution in [0.25, 0.3) is 0 Å². The molecule has 0 aliphatic rings. The second-order valence-electron chi connectivity index (χ2n) is 4.70. The smallest absolute Gasteiger partial charge is 0.222 e. The second-order valence-corrected chi connectivity index (χ2v) is 4.70. The Morgan fingerprint density at radius 1 is 0.955 bits per heavy atom. The predicted molar refractivity (Wildman–Crippen MR) is 84.2 cm³/mol. The average molecular weight is 289 g/mol. The number of rotatable bonds is 6. The first-order valence-corrected chi connectivity index (χ1v) is 6.99. The highest BCUT2D eigenvalue weighted by Crippen LogP contribution is 2.11. The first kappa shape index (κ1) is 13.9. The van der Waals surface area contributed by atoms with Crippen molar-refractivity contribution in [2.45, 2.75) is 13.2 Å². The zero-order chi connectivity index (χ0) is 15.0. The summed E-state index contributed by atoms with van der Waals surface area (Å²) in [6, 6.07) is 21.2. The Bertz CT molecular complexity index is 622. The summed E-state index contributed by atoms with van der Waals surface area (Å²) in [7, 11) is 0. The molecule has 0 fully saturated rings. The van der Waals surface area contributed by atoms with Gasteiger partial charge in [0.05, 0.1) is 0 Å². The van der Waals surface area contributed by atoms with Gasteiger partial charge in [-0.3, -0.25) is 0 Å². The normalized spacial score (nSPS) is 9.82. The van der Waals surface area contributed by atoms with E-state index in [2.05, 4.69) is 51.7 Å². The van der Waals surface area contributed by atoms with Crippen molar-refractivity contribution in [2.75, 3.05) is 5.32 Å². The summed E-state index contributed by atoms with van der Waals surface area (Å²) in [5.74, 6) is 1.43. The fraction of sp³-hybridized carbons (Fsp3) is 0.111. The Morgan fingerprint density at radius 2 is 1.73 bits per heavy atom. The molecule has 0 amide bonds. The van der Waals surface area contributed by atoms with Crippen molar-refractivity contribution in [1.29, 1.82) is 0 Å². The van der Waals surface area contributed by atoms with Gasteiger partial charge in [0, 0.05) is 25.0 Å². The molecule has 3 rings (SSSR count). The van der Waals surface area contributed by atoms with Gasteiger partial charge in [-0.15, -0.1) is 0 Å². The summed E-state index contributed by atoms with van der Waals surface area (Å²) >= 11 is 0. The van der Waals surface area contributed by atoms with Gasteiger partial charge in [-0.05, 0) is 29.3 Å². The number of ether oxygens (including phenoxy) is 1. The molecule has 0 spiro atoms. The van der Waals surface area contributed by atoms with Gasteiger partial charge in [0.25, 0.3) is 0 Å². The second kappa shape index (κ2) is 7.09. The SMILES string of the molecule is c1ccc(OCc2ccc(CNc3ncccn3)cc2)cc#1. The molecule has 4 nitrogen and oxygen atoms in total. The Kier molecular flexibility index (Phi) is 4.48. The van der Waals surface area contributed by atoms with Gasteiger partial charge in [-0.2, -0.15) is 0 Å². The first-order chi connectivity index (χ1) is 10.9. The van der Waals surface area contributed by atoms with Crippen LogP contribution in [-0.2, 0) is 13.2 Å². The molecule has 0 saturated carbocycles. The Morgan fingerprint density at radius 3 is 2.45 bits per heavy atom. The molecule has 4 heteroatoms. The van der Waals surface area contributed by atoms with Crippen molar-refractivity contribution < 1.29 is 4.74 Å². The minimum absolute atomic E-state index is 0.535. The first-order valence-electron chi connectivity index (χ1n) is 6.99. The standard InChI is InChI=1S/C18H15N3O/c1-2-5-17(6-3-1)22-14-16-9-7-15(8-10-16)13-21-18-19-11-4-12-20-18/h2,4-12H,13-14H2,(H,19,20,21). The van der Waals surface area contributed by atoms with Crippen LogP contribution < -0.4 is 10.1 Å². The number of anilines is 1. The summed E-state index contributed by atoms with van der Waals surface area (Å²) in [6.07, 6.45) is 3.43. The molecule has 0 bridgehead atoms. The van der Waals surface area contributed by atoms with E-state index in [1.165, 1.54) is 5.56 Å². The van der Waals surface area contributed by atoms with Crippen LogP contribution in [0.5, 0.6) is 5.75 Å². The monoisotopic (exact) mass is 289 g/mol. The number of hydrogen-bond donors (Lipinski definition) is 1. The highest BCUT2D eigenvalue weighted by atomic mass is 16.5. The van der Waals surface area contributed by atoms with Crippen molar-refractivity contribution >= 4 is 5.95 Å². The molecule has 1 heterocycles. The minimum atomic E-state index is 0.535. The molecular formula is C18H15N3O. The average Bonchev–Trinajstić information content (AvgIpc) is 2.61. The predicted octanol–water partition coefficient (Wildman–Crippen LogP) is 3.27. The van der Waals surface area contributed by atoms with Crippen LogP contribution >= 0.6 is 0 Å². The zero-order valence-corrected chi connectivity index (χ0v) is 12.0. The third kappa shape index (κ3) is 3.97. The molecule has 0 saturated heterocycles. The summed E-state index contributed by atoms with van der Waals surface area (Å²) in [4.78, 5) is 8.25. The van der Waals surface area contributed by atoms with E-state index < -0.39 is 0 Å². The quantitative estimate of drug-likeness (QED) is 0.756. The van der Waals surface area contributed by atoms with E-state index in [0.717, 1.165) is 11.3 Å². The van der Waals surface area contributed by atoms with Crippen molar-refractivity contribution in [3.63, 3.8) is 0 Å². The topological polar surface area (TPSA) is 47.0 Å². The van der Waals surface area contributed by atoms with E-state index in [1.807, 2.05) is 6.07 Å². The van der Waals surface area contributed by atoms with Crippen LogP contribution in [0.3, 0.4) is 0 Å². The van der Waals surface area contributed by atoms with Crippen LogP contribution in [0, 0.1) is 12.1 Å². The molecule has 22 heavy (non-hydrogen) atoms. The molecule has 3 aromatic rings. The van der Waals surface area contributed by atoms with Gasteiger partial charge in [0.15, 0.2) is 0 Å². The van der Waals surface area contributed by atoms with Crippen LogP contribution in [0.2, 0.25) is 0 Å². The van der Waals surface area contributed by atoms with Crippen molar-refractivity contribution in [3.8, 4) is 5.75 Å². The lowest BCUT2D eigenvalue weighted by atomic mass is 10.1. The zero-order valence-electron chi connectivity index (χ0n) is 12.0. The van der Waals surface area contributed by atoms with E-state index in [4.69, 9.17) is 4.74 Å². The summed E-state index contributed by atoms with van der Waals surface area (Å²) in [5.41, 5.74) is 2.28. The third-order valence-corrected chi connectivity index (χ3v) is 3.07. The number of benzene rings is 1.